The zero-order valence-electron chi connectivity index (χ0n) is 21.1. The highest BCUT2D eigenvalue weighted by Gasteiger charge is 2.23. The average Bonchev–Trinajstić information content (AvgIpc) is 3.25. The van der Waals surface area contributed by atoms with Crippen molar-refractivity contribution < 1.29 is 9.59 Å². The SMILES string of the molecule is CCCCCN(CC(=O)Nc1cc(C(C)(C)C)nn1-c1ccc(Cl)c(Cl)c1)C(=O)Nc1ccccc1. The number of nitrogens with one attached hydrogen (secondary N) is 2. The number of nitrogens with zero attached hydrogens (tertiary/aromatic N) is 3. The highest BCUT2D eigenvalue weighted by atomic mass is 35.5. The molecule has 0 bridgehead atoms. The summed E-state index contributed by atoms with van der Waals surface area (Å²) in [6.07, 6.45) is 2.79. The zero-order chi connectivity index (χ0) is 26.3. The molecule has 2 aromatic carbocycles. The molecule has 0 aliphatic carbocycles. The average molecular weight is 531 g/mol. The lowest BCUT2D eigenvalue weighted by Crippen LogP contribution is -2.41. The van der Waals surface area contributed by atoms with Gasteiger partial charge in [-0.05, 0) is 36.8 Å². The van der Waals surface area contributed by atoms with E-state index in [0.29, 0.717) is 33.8 Å². The summed E-state index contributed by atoms with van der Waals surface area (Å²) in [5.41, 5.74) is 1.89. The number of unbranched alkanes of at least 4 members (excludes halogenated alkanes) is 2. The van der Waals surface area contributed by atoms with Crippen LogP contribution >= 0.6 is 23.2 Å². The topological polar surface area (TPSA) is 79.3 Å². The second-order valence-electron chi connectivity index (χ2n) is 9.65. The van der Waals surface area contributed by atoms with Gasteiger partial charge in [0, 0.05) is 23.7 Å². The number of aromatic nitrogens is 2. The Balaban J connectivity index is 1.82. The number of hydrogen-bond acceptors (Lipinski definition) is 3. The molecule has 0 radical (unpaired) electrons. The first-order valence-electron chi connectivity index (χ1n) is 12.0. The molecule has 192 valence electrons. The molecule has 0 aliphatic rings. The van der Waals surface area contributed by atoms with E-state index in [9.17, 15) is 9.59 Å². The van der Waals surface area contributed by atoms with Gasteiger partial charge in [0.25, 0.3) is 0 Å². The number of carbonyl (C=O) groups excluding carboxylic acids is 2. The van der Waals surface area contributed by atoms with Gasteiger partial charge in [-0.3, -0.25) is 4.79 Å². The molecule has 3 rings (SSSR count). The lowest BCUT2D eigenvalue weighted by Gasteiger charge is -2.23. The second-order valence-corrected chi connectivity index (χ2v) is 10.5. The molecule has 1 heterocycles. The van der Waals surface area contributed by atoms with Crippen molar-refractivity contribution in [3.05, 3.63) is 70.3 Å². The van der Waals surface area contributed by atoms with Gasteiger partial charge in [-0.15, -0.1) is 0 Å². The lowest BCUT2D eigenvalue weighted by atomic mass is 9.92. The number of amides is 3. The third-order valence-electron chi connectivity index (χ3n) is 5.57. The van der Waals surface area contributed by atoms with Gasteiger partial charge in [0.05, 0.1) is 21.4 Å². The number of hydrogen-bond donors (Lipinski definition) is 2. The van der Waals surface area contributed by atoms with Gasteiger partial charge in [-0.25, -0.2) is 9.48 Å². The minimum atomic E-state index is -0.323. The summed E-state index contributed by atoms with van der Waals surface area (Å²) in [6, 6.07) is 15.9. The molecule has 0 spiro atoms. The van der Waals surface area contributed by atoms with E-state index in [2.05, 4.69) is 17.6 Å². The molecule has 3 aromatic rings. The predicted octanol–water partition coefficient (Wildman–Crippen LogP) is 7.14. The molecule has 9 heteroatoms. The van der Waals surface area contributed by atoms with E-state index in [1.54, 1.807) is 22.9 Å². The number of anilines is 2. The third kappa shape index (κ3) is 7.48. The molecule has 1 aromatic heterocycles. The first-order valence-corrected chi connectivity index (χ1v) is 12.8. The number of urea groups is 1. The van der Waals surface area contributed by atoms with Crippen LogP contribution in [0.5, 0.6) is 0 Å². The Kier molecular flexibility index (Phi) is 9.40. The van der Waals surface area contributed by atoms with Gasteiger partial charge >= 0.3 is 6.03 Å². The van der Waals surface area contributed by atoms with Crippen LogP contribution in [0.3, 0.4) is 0 Å². The van der Waals surface area contributed by atoms with Crippen LogP contribution in [0.2, 0.25) is 10.0 Å². The number of carbonyl (C=O) groups is 2. The fraction of sp³-hybridized carbons (Fsp3) is 0.370. The summed E-state index contributed by atoms with van der Waals surface area (Å²) < 4.78 is 1.63. The monoisotopic (exact) mass is 529 g/mol. The summed E-state index contributed by atoms with van der Waals surface area (Å²) in [5.74, 6) is 0.164. The molecule has 3 amide bonds. The molecule has 0 fully saturated rings. The Morgan fingerprint density at radius 3 is 2.33 bits per heavy atom. The number of benzene rings is 2. The van der Waals surface area contributed by atoms with E-state index in [1.165, 1.54) is 4.90 Å². The number of para-hydroxylation sites is 1. The van der Waals surface area contributed by atoms with Crippen LogP contribution in [0.25, 0.3) is 5.69 Å². The Labute approximate surface area is 222 Å². The highest BCUT2D eigenvalue weighted by molar-refractivity contribution is 6.42. The standard InChI is InChI=1S/C27H33Cl2N5O2/c1-5-6-10-15-33(26(36)30-19-11-8-7-9-12-19)18-25(35)31-24-17-23(27(2,3)4)32-34(24)20-13-14-21(28)22(29)16-20/h7-9,11-14,16-17H,5-6,10,15,18H2,1-4H3,(H,30,36)(H,31,35). The van der Waals surface area contributed by atoms with E-state index in [0.717, 1.165) is 25.0 Å². The molecule has 0 atom stereocenters. The summed E-state index contributed by atoms with van der Waals surface area (Å²) >= 11 is 12.3. The van der Waals surface area contributed by atoms with Crippen molar-refractivity contribution in [3.8, 4) is 5.69 Å². The van der Waals surface area contributed by atoms with Crippen molar-refractivity contribution in [2.75, 3.05) is 23.7 Å². The zero-order valence-corrected chi connectivity index (χ0v) is 22.7. The van der Waals surface area contributed by atoms with E-state index in [1.807, 2.05) is 57.2 Å². The summed E-state index contributed by atoms with van der Waals surface area (Å²) in [5, 5.41) is 11.3. The minimum absolute atomic E-state index is 0.0974. The molecular weight excluding hydrogens is 497 g/mol. The fourth-order valence-electron chi connectivity index (χ4n) is 3.54. The normalized spacial score (nSPS) is 11.3. The maximum absolute atomic E-state index is 13.2. The van der Waals surface area contributed by atoms with E-state index >= 15 is 0 Å². The fourth-order valence-corrected chi connectivity index (χ4v) is 3.83. The van der Waals surface area contributed by atoms with Crippen LogP contribution < -0.4 is 10.6 Å². The molecule has 0 unspecified atom stereocenters. The Hall–Kier alpha value is -3.03. The van der Waals surface area contributed by atoms with Gasteiger partial charge in [0.15, 0.2) is 0 Å². The molecule has 0 aliphatic heterocycles. The van der Waals surface area contributed by atoms with Gasteiger partial charge in [-0.1, -0.05) is 81.9 Å². The maximum atomic E-state index is 13.2. The van der Waals surface area contributed by atoms with E-state index in [4.69, 9.17) is 28.3 Å². The summed E-state index contributed by atoms with van der Waals surface area (Å²) in [7, 11) is 0. The third-order valence-corrected chi connectivity index (χ3v) is 6.31. The van der Waals surface area contributed by atoms with Crippen molar-refractivity contribution in [1.29, 1.82) is 0 Å². The molecule has 36 heavy (non-hydrogen) atoms. The van der Waals surface area contributed by atoms with Crippen LogP contribution in [0, 0.1) is 0 Å². The van der Waals surface area contributed by atoms with E-state index in [-0.39, 0.29) is 23.9 Å². The van der Waals surface area contributed by atoms with Crippen molar-refractivity contribution in [2.45, 2.75) is 52.4 Å². The first-order chi connectivity index (χ1) is 17.1. The lowest BCUT2D eigenvalue weighted by molar-refractivity contribution is -0.116. The van der Waals surface area contributed by atoms with Gasteiger partial charge < -0.3 is 15.5 Å². The second kappa shape index (κ2) is 12.3. The predicted molar refractivity (Wildman–Crippen MR) is 147 cm³/mol. The van der Waals surface area contributed by atoms with Crippen LogP contribution in [0.15, 0.2) is 54.6 Å². The Morgan fingerprint density at radius 2 is 1.69 bits per heavy atom. The smallest absolute Gasteiger partial charge is 0.315 e. The van der Waals surface area contributed by atoms with Crippen LogP contribution in [-0.4, -0.2) is 39.7 Å². The van der Waals surface area contributed by atoms with Crippen molar-refractivity contribution in [3.63, 3.8) is 0 Å². The Bertz CT molecular complexity index is 1190. The van der Waals surface area contributed by atoms with E-state index < -0.39 is 0 Å². The van der Waals surface area contributed by atoms with Crippen LogP contribution in [0.4, 0.5) is 16.3 Å². The molecule has 7 nitrogen and oxygen atoms in total. The molecular formula is C27H33Cl2N5O2. The van der Waals surface area contributed by atoms with Crippen LogP contribution in [0.1, 0.15) is 52.7 Å². The van der Waals surface area contributed by atoms with Gasteiger partial charge in [0.1, 0.15) is 12.4 Å². The van der Waals surface area contributed by atoms with Crippen molar-refractivity contribution >= 4 is 46.6 Å². The van der Waals surface area contributed by atoms with Gasteiger partial charge in [-0.2, -0.15) is 5.10 Å². The molecule has 0 saturated carbocycles. The quantitative estimate of drug-likeness (QED) is 0.289. The summed E-state index contributed by atoms with van der Waals surface area (Å²) in [4.78, 5) is 27.7. The Morgan fingerprint density at radius 1 is 0.972 bits per heavy atom. The van der Waals surface area contributed by atoms with Crippen molar-refractivity contribution in [2.24, 2.45) is 0 Å². The number of rotatable bonds is 9. The van der Waals surface area contributed by atoms with Crippen molar-refractivity contribution in [1.82, 2.24) is 14.7 Å². The maximum Gasteiger partial charge on any atom is 0.322 e. The first kappa shape index (κ1) is 27.6. The molecule has 2 N–H and O–H groups in total. The highest BCUT2D eigenvalue weighted by Crippen LogP contribution is 2.29. The van der Waals surface area contributed by atoms with Gasteiger partial charge in [0.2, 0.25) is 5.91 Å². The largest absolute Gasteiger partial charge is 0.322 e. The molecule has 0 saturated heterocycles. The minimum Gasteiger partial charge on any atom is -0.315 e. The van der Waals surface area contributed by atoms with Crippen LogP contribution in [-0.2, 0) is 10.2 Å². The summed E-state index contributed by atoms with van der Waals surface area (Å²) in [6.45, 7) is 8.60. The number of halogens is 2.